The maximum atomic E-state index is 11.9. The molecule has 4 nitrogen and oxygen atoms in total. The van der Waals surface area contributed by atoms with Crippen LogP contribution in [0.25, 0.3) is 0 Å². The second kappa shape index (κ2) is 8.96. The smallest absolute Gasteiger partial charge is 0.408 e. The molecule has 23 heavy (non-hydrogen) atoms. The van der Waals surface area contributed by atoms with Gasteiger partial charge in [-0.3, -0.25) is 10.1 Å². The van der Waals surface area contributed by atoms with Crippen LogP contribution in [-0.4, -0.2) is 17.4 Å². The van der Waals surface area contributed by atoms with Crippen LogP contribution in [0.5, 0.6) is 0 Å². The topological polar surface area (TPSA) is 55.4 Å². The first-order chi connectivity index (χ1) is 11.1. The minimum Gasteiger partial charge on any atom is -0.445 e. The maximum absolute atomic E-state index is 11.9. The van der Waals surface area contributed by atoms with Gasteiger partial charge >= 0.3 is 6.09 Å². The molecule has 0 bridgehead atoms. The van der Waals surface area contributed by atoms with Gasteiger partial charge in [0.1, 0.15) is 6.61 Å². The first-order valence-electron chi connectivity index (χ1n) is 7.33. The quantitative estimate of drug-likeness (QED) is 0.622. The number of alkyl carbamates (subject to hydrolysis) is 1. The largest absolute Gasteiger partial charge is 0.445 e. The summed E-state index contributed by atoms with van der Waals surface area (Å²) in [5, 5.41) is 2.34. The van der Waals surface area contributed by atoms with Crippen LogP contribution in [0.1, 0.15) is 17.5 Å². The molecule has 0 saturated heterocycles. The van der Waals surface area contributed by atoms with Gasteiger partial charge in [-0.2, -0.15) is 0 Å². The van der Waals surface area contributed by atoms with Crippen molar-refractivity contribution in [1.82, 2.24) is 5.32 Å². The number of rotatable bonds is 7. The van der Waals surface area contributed by atoms with Crippen molar-refractivity contribution >= 4 is 23.5 Å². The lowest BCUT2D eigenvalue weighted by atomic mass is 10.1. The van der Waals surface area contributed by atoms with E-state index in [4.69, 9.17) is 16.3 Å². The van der Waals surface area contributed by atoms with Crippen LogP contribution in [0, 0.1) is 0 Å². The van der Waals surface area contributed by atoms with E-state index in [-0.39, 0.29) is 18.8 Å². The highest BCUT2D eigenvalue weighted by Crippen LogP contribution is 2.07. The minimum absolute atomic E-state index is 0.133. The van der Waals surface area contributed by atoms with Gasteiger partial charge in [-0.15, -0.1) is 0 Å². The predicted molar refractivity (Wildman–Crippen MR) is 89.2 cm³/mol. The zero-order chi connectivity index (χ0) is 16.5. The summed E-state index contributed by atoms with van der Waals surface area (Å²) in [4.78, 5) is 23.6. The van der Waals surface area contributed by atoms with Gasteiger partial charge in [0.15, 0.2) is 11.3 Å². The van der Waals surface area contributed by atoms with Crippen LogP contribution < -0.4 is 5.32 Å². The lowest BCUT2D eigenvalue weighted by molar-refractivity contribution is -0.119. The summed E-state index contributed by atoms with van der Waals surface area (Å²) in [5.74, 6) is -0.243. The molecule has 0 radical (unpaired) electrons. The molecule has 2 rings (SSSR count). The fourth-order valence-electron chi connectivity index (χ4n) is 1.99. The highest BCUT2D eigenvalue weighted by atomic mass is 35.5. The van der Waals surface area contributed by atoms with E-state index in [1.165, 1.54) is 0 Å². The third-order valence-electron chi connectivity index (χ3n) is 3.24. The first kappa shape index (κ1) is 17.0. The summed E-state index contributed by atoms with van der Waals surface area (Å²) < 4.78 is 5.02. The van der Waals surface area contributed by atoms with Crippen LogP contribution in [0.2, 0.25) is 0 Å². The Kier molecular flexibility index (Phi) is 6.63. The Balaban J connectivity index is 1.71. The van der Waals surface area contributed by atoms with Gasteiger partial charge in [0.05, 0.1) is 0 Å². The molecule has 2 aromatic carbocycles. The number of hydrogen-bond donors (Lipinski definition) is 1. The van der Waals surface area contributed by atoms with Crippen molar-refractivity contribution in [2.45, 2.75) is 24.9 Å². The Morgan fingerprint density at radius 3 is 2.13 bits per heavy atom. The normalized spacial score (nSPS) is 11.5. The van der Waals surface area contributed by atoms with Crippen molar-refractivity contribution in [3.63, 3.8) is 0 Å². The van der Waals surface area contributed by atoms with E-state index in [1.54, 1.807) is 0 Å². The second-order valence-electron chi connectivity index (χ2n) is 5.02. The lowest BCUT2D eigenvalue weighted by Gasteiger charge is -2.11. The molecule has 0 aliphatic heterocycles. The molecule has 1 atom stereocenters. The number of benzene rings is 2. The third kappa shape index (κ3) is 6.12. The van der Waals surface area contributed by atoms with E-state index in [0.717, 1.165) is 11.1 Å². The number of aryl methyl sites for hydroxylation is 1. The number of carbonyl (C=O) groups is 2. The Morgan fingerprint density at radius 2 is 1.52 bits per heavy atom. The average Bonchev–Trinajstić information content (AvgIpc) is 2.59. The van der Waals surface area contributed by atoms with Crippen LogP contribution in [0.3, 0.4) is 0 Å². The summed E-state index contributed by atoms with van der Waals surface area (Å²) in [6, 6.07) is 18.9. The molecule has 0 saturated carbocycles. The fourth-order valence-corrected chi connectivity index (χ4v) is 2.19. The molecule has 0 unspecified atom stereocenters. The number of amides is 1. The molecule has 2 aromatic rings. The van der Waals surface area contributed by atoms with Gasteiger partial charge in [-0.25, -0.2) is 4.79 Å². The number of alkyl halides is 1. The number of hydrogen-bond acceptors (Lipinski definition) is 3. The van der Waals surface area contributed by atoms with Gasteiger partial charge < -0.3 is 4.74 Å². The van der Waals surface area contributed by atoms with Crippen molar-refractivity contribution in [2.75, 3.05) is 0 Å². The lowest BCUT2D eigenvalue weighted by Crippen LogP contribution is -2.37. The maximum Gasteiger partial charge on any atom is 0.408 e. The highest BCUT2D eigenvalue weighted by Gasteiger charge is 2.18. The predicted octanol–water partition coefficient (Wildman–Crippen LogP) is 3.68. The summed E-state index contributed by atoms with van der Waals surface area (Å²) in [6.07, 6.45) is 0.141. The standard InChI is InChI=1S/C18H18ClNO3/c19-17(16(21)12-11-14-7-3-1-4-8-14)20-18(22)23-13-15-9-5-2-6-10-15/h1-10,17H,11-13H2,(H,20,22)/t17-/m1/s1. The Bertz CT molecular complexity index is 631. The van der Waals surface area contributed by atoms with Gasteiger partial charge in [0.25, 0.3) is 0 Å². The number of halogens is 1. The highest BCUT2D eigenvalue weighted by molar-refractivity contribution is 6.31. The third-order valence-corrected chi connectivity index (χ3v) is 3.60. The summed E-state index contributed by atoms with van der Waals surface area (Å²) in [5.41, 5.74) is 0.836. The summed E-state index contributed by atoms with van der Waals surface area (Å²) in [7, 11) is 0. The van der Waals surface area contributed by atoms with Crippen molar-refractivity contribution < 1.29 is 14.3 Å². The number of ether oxygens (including phenoxy) is 1. The van der Waals surface area contributed by atoms with Crippen LogP contribution in [0.15, 0.2) is 60.7 Å². The SMILES string of the molecule is O=C(N[C@@H](Cl)C(=O)CCc1ccccc1)OCc1ccccc1. The molecular formula is C18H18ClNO3. The van der Waals surface area contributed by atoms with E-state index in [9.17, 15) is 9.59 Å². The molecule has 0 aromatic heterocycles. The number of Topliss-reactive ketones (excluding diaryl/α,β-unsaturated/α-hetero) is 1. The average molecular weight is 332 g/mol. The molecule has 5 heteroatoms. The number of carbonyl (C=O) groups excluding carboxylic acids is 2. The summed E-state index contributed by atoms with van der Waals surface area (Å²) in [6.45, 7) is 0.133. The van der Waals surface area contributed by atoms with Crippen LogP contribution in [0.4, 0.5) is 4.79 Å². The molecule has 0 fully saturated rings. The minimum atomic E-state index is -1.08. The molecule has 0 heterocycles. The van der Waals surface area contributed by atoms with E-state index in [2.05, 4.69) is 5.32 Å². The van der Waals surface area contributed by atoms with E-state index in [1.807, 2.05) is 60.7 Å². The van der Waals surface area contributed by atoms with Gasteiger partial charge in [-0.05, 0) is 17.5 Å². The number of ketones is 1. The Labute approximate surface area is 140 Å². The van der Waals surface area contributed by atoms with E-state index in [0.29, 0.717) is 6.42 Å². The Hall–Kier alpha value is -2.33. The summed E-state index contributed by atoms with van der Waals surface area (Å²) >= 11 is 5.91. The van der Waals surface area contributed by atoms with Gasteiger partial charge in [0.2, 0.25) is 0 Å². The second-order valence-corrected chi connectivity index (χ2v) is 5.46. The molecule has 0 aliphatic carbocycles. The van der Waals surface area contributed by atoms with Crippen LogP contribution in [-0.2, 0) is 22.6 Å². The van der Waals surface area contributed by atoms with Crippen molar-refractivity contribution in [3.05, 3.63) is 71.8 Å². The fraction of sp³-hybridized carbons (Fsp3) is 0.222. The van der Waals surface area contributed by atoms with Crippen molar-refractivity contribution in [1.29, 1.82) is 0 Å². The van der Waals surface area contributed by atoms with E-state index < -0.39 is 11.6 Å². The molecule has 0 spiro atoms. The van der Waals surface area contributed by atoms with Crippen LogP contribution >= 0.6 is 11.6 Å². The van der Waals surface area contributed by atoms with Gasteiger partial charge in [0, 0.05) is 6.42 Å². The molecule has 120 valence electrons. The Morgan fingerprint density at radius 1 is 0.957 bits per heavy atom. The van der Waals surface area contributed by atoms with Crippen molar-refractivity contribution in [3.8, 4) is 0 Å². The molecule has 1 amide bonds. The monoisotopic (exact) mass is 331 g/mol. The number of nitrogens with one attached hydrogen (secondary N) is 1. The van der Waals surface area contributed by atoms with E-state index >= 15 is 0 Å². The van der Waals surface area contributed by atoms with Gasteiger partial charge in [-0.1, -0.05) is 72.3 Å². The zero-order valence-electron chi connectivity index (χ0n) is 12.6. The molecule has 0 aliphatic rings. The zero-order valence-corrected chi connectivity index (χ0v) is 13.3. The molecule has 1 N–H and O–H groups in total. The van der Waals surface area contributed by atoms with Crippen molar-refractivity contribution in [2.24, 2.45) is 0 Å². The first-order valence-corrected chi connectivity index (χ1v) is 7.77. The molecular weight excluding hydrogens is 314 g/mol.